The molecule has 0 aromatic heterocycles. The maximum Gasteiger partial charge on any atom is 0.243 e. The van der Waals surface area contributed by atoms with E-state index >= 15 is 0 Å². The van der Waals surface area contributed by atoms with Crippen molar-refractivity contribution in [2.75, 3.05) is 5.33 Å². The molecule has 1 N–H and O–H groups in total. The normalized spacial score (nSPS) is 13.0. The minimum atomic E-state index is -3.88. The van der Waals surface area contributed by atoms with Gasteiger partial charge in [0, 0.05) is 11.4 Å². The van der Waals surface area contributed by atoms with Crippen molar-refractivity contribution in [3.8, 4) is 0 Å². The third kappa shape index (κ3) is 4.36. The van der Waals surface area contributed by atoms with Gasteiger partial charge in [-0.2, -0.15) is 0 Å². The average molecular weight is 372 g/mol. The summed E-state index contributed by atoms with van der Waals surface area (Å²) in [5.41, 5.74) is 1.01. The summed E-state index contributed by atoms with van der Waals surface area (Å²) in [5.74, 6) is -0.752. The first-order chi connectivity index (χ1) is 10.0. The van der Waals surface area contributed by atoms with E-state index in [9.17, 15) is 12.8 Å². The lowest BCUT2D eigenvalue weighted by Crippen LogP contribution is -2.38. The second kappa shape index (κ2) is 7.15. The number of rotatable bonds is 6. The smallest absolute Gasteiger partial charge is 0.207 e. The monoisotopic (exact) mass is 371 g/mol. The largest absolute Gasteiger partial charge is 0.243 e. The predicted octanol–water partition coefficient (Wildman–Crippen LogP) is 3.11. The molecule has 2 rings (SSSR count). The Hall–Kier alpha value is -1.24. The van der Waals surface area contributed by atoms with Gasteiger partial charge in [0.25, 0.3) is 0 Å². The van der Waals surface area contributed by atoms with Crippen LogP contribution in [0.4, 0.5) is 4.39 Å². The van der Waals surface area contributed by atoms with E-state index in [0.29, 0.717) is 11.8 Å². The SMILES string of the molecule is O=S(=O)(NC(CBr)Cc1ccccc1)c1ccccc1F. The van der Waals surface area contributed by atoms with Gasteiger partial charge in [0.1, 0.15) is 10.7 Å². The Kier molecular flexibility index (Phi) is 5.50. The molecule has 0 saturated carbocycles. The van der Waals surface area contributed by atoms with E-state index in [1.165, 1.54) is 18.2 Å². The first kappa shape index (κ1) is 16.1. The maximum absolute atomic E-state index is 13.6. The van der Waals surface area contributed by atoms with Gasteiger partial charge in [0.05, 0.1) is 0 Å². The molecule has 0 saturated heterocycles. The van der Waals surface area contributed by atoms with Crippen molar-refractivity contribution < 1.29 is 12.8 Å². The van der Waals surface area contributed by atoms with E-state index in [4.69, 9.17) is 0 Å². The Morgan fingerprint density at radius 3 is 2.29 bits per heavy atom. The molecule has 0 amide bonds. The van der Waals surface area contributed by atoms with Gasteiger partial charge in [-0.25, -0.2) is 17.5 Å². The zero-order valence-corrected chi connectivity index (χ0v) is 13.6. The van der Waals surface area contributed by atoms with E-state index in [0.717, 1.165) is 11.6 Å². The van der Waals surface area contributed by atoms with Crippen LogP contribution in [-0.2, 0) is 16.4 Å². The molecule has 1 atom stereocenters. The summed E-state index contributed by atoms with van der Waals surface area (Å²) in [5, 5.41) is 0.440. The molecule has 21 heavy (non-hydrogen) atoms. The van der Waals surface area contributed by atoms with Crippen LogP contribution >= 0.6 is 15.9 Å². The number of nitrogens with one attached hydrogen (secondary N) is 1. The first-order valence-electron chi connectivity index (χ1n) is 6.39. The van der Waals surface area contributed by atoms with Crippen molar-refractivity contribution in [1.82, 2.24) is 4.72 Å². The Morgan fingerprint density at radius 1 is 1.05 bits per heavy atom. The minimum absolute atomic E-state index is 0.330. The number of alkyl halides is 1. The van der Waals surface area contributed by atoms with Crippen LogP contribution in [0, 0.1) is 5.82 Å². The Bertz CT molecular complexity index is 692. The summed E-state index contributed by atoms with van der Waals surface area (Å²) in [4.78, 5) is -0.330. The van der Waals surface area contributed by atoms with Gasteiger partial charge in [-0.15, -0.1) is 0 Å². The number of halogens is 2. The molecule has 0 aliphatic rings. The standard InChI is InChI=1S/C15H15BrFNO2S/c16-11-13(10-12-6-2-1-3-7-12)18-21(19,20)15-9-5-4-8-14(15)17/h1-9,13,18H,10-11H2. The van der Waals surface area contributed by atoms with Crippen molar-refractivity contribution in [2.24, 2.45) is 0 Å². The van der Waals surface area contributed by atoms with Crippen molar-refractivity contribution in [3.63, 3.8) is 0 Å². The minimum Gasteiger partial charge on any atom is -0.207 e. The van der Waals surface area contributed by atoms with Crippen LogP contribution in [0.2, 0.25) is 0 Å². The molecule has 0 aliphatic carbocycles. The van der Waals surface area contributed by atoms with Crippen molar-refractivity contribution in [1.29, 1.82) is 0 Å². The van der Waals surface area contributed by atoms with Crippen LogP contribution in [0.3, 0.4) is 0 Å². The van der Waals surface area contributed by atoms with E-state index in [2.05, 4.69) is 20.7 Å². The third-order valence-corrected chi connectivity index (χ3v) is 5.29. The number of benzene rings is 2. The van der Waals surface area contributed by atoms with Crippen LogP contribution in [0.1, 0.15) is 5.56 Å². The summed E-state index contributed by atoms with van der Waals surface area (Å²) in [6, 6.07) is 14.5. The van der Waals surface area contributed by atoms with E-state index in [-0.39, 0.29) is 10.9 Å². The van der Waals surface area contributed by atoms with Gasteiger partial charge in [-0.1, -0.05) is 58.4 Å². The molecular weight excluding hydrogens is 357 g/mol. The number of hydrogen-bond acceptors (Lipinski definition) is 2. The second-order valence-electron chi connectivity index (χ2n) is 4.59. The zero-order chi connectivity index (χ0) is 15.3. The molecular formula is C15H15BrFNO2S. The lowest BCUT2D eigenvalue weighted by molar-refractivity contribution is 0.544. The van der Waals surface area contributed by atoms with E-state index in [1.54, 1.807) is 0 Å². The van der Waals surface area contributed by atoms with E-state index in [1.807, 2.05) is 30.3 Å². The molecule has 0 spiro atoms. The third-order valence-electron chi connectivity index (χ3n) is 2.96. The van der Waals surface area contributed by atoms with Crippen molar-refractivity contribution in [2.45, 2.75) is 17.4 Å². The highest BCUT2D eigenvalue weighted by Crippen LogP contribution is 2.15. The molecule has 1 unspecified atom stereocenters. The lowest BCUT2D eigenvalue weighted by atomic mass is 10.1. The predicted molar refractivity (Wildman–Crippen MR) is 84.4 cm³/mol. The molecule has 2 aromatic carbocycles. The molecule has 3 nitrogen and oxygen atoms in total. The summed E-state index contributed by atoms with van der Waals surface area (Å²) in [6.07, 6.45) is 0.528. The van der Waals surface area contributed by atoms with Crippen LogP contribution < -0.4 is 4.72 Å². The molecule has 0 fully saturated rings. The molecule has 0 radical (unpaired) electrons. The van der Waals surface area contributed by atoms with Gasteiger partial charge in [-0.05, 0) is 24.1 Å². The summed E-state index contributed by atoms with van der Waals surface area (Å²) < 4.78 is 40.7. The Morgan fingerprint density at radius 2 is 1.67 bits per heavy atom. The maximum atomic E-state index is 13.6. The van der Waals surface area contributed by atoms with Gasteiger partial charge in [0.2, 0.25) is 10.0 Å². The second-order valence-corrected chi connectivity index (χ2v) is 6.92. The highest BCUT2D eigenvalue weighted by atomic mass is 79.9. The molecule has 0 aliphatic heterocycles. The highest BCUT2D eigenvalue weighted by molar-refractivity contribution is 9.09. The summed E-state index contributed by atoms with van der Waals surface area (Å²) in [7, 11) is -3.88. The molecule has 2 aromatic rings. The topological polar surface area (TPSA) is 46.2 Å². The fourth-order valence-corrected chi connectivity index (χ4v) is 3.89. The molecule has 0 bridgehead atoms. The van der Waals surface area contributed by atoms with Gasteiger partial charge >= 0.3 is 0 Å². The quantitative estimate of drug-likeness (QED) is 0.793. The molecule has 0 heterocycles. The lowest BCUT2D eigenvalue weighted by Gasteiger charge is -2.16. The van der Waals surface area contributed by atoms with Crippen LogP contribution in [0.15, 0.2) is 59.5 Å². The van der Waals surface area contributed by atoms with Gasteiger partial charge in [0.15, 0.2) is 0 Å². The fraction of sp³-hybridized carbons (Fsp3) is 0.200. The van der Waals surface area contributed by atoms with Gasteiger partial charge < -0.3 is 0 Å². The van der Waals surface area contributed by atoms with E-state index < -0.39 is 15.8 Å². The highest BCUT2D eigenvalue weighted by Gasteiger charge is 2.22. The Labute approximate surface area is 132 Å². The van der Waals surface area contributed by atoms with Crippen LogP contribution in [0.25, 0.3) is 0 Å². The van der Waals surface area contributed by atoms with Crippen molar-refractivity contribution in [3.05, 3.63) is 66.0 Å². The average Bonchev–Trinajstić information content (AvgIpc) is 2.47. The van der Waals surface area contributed by atoms with Crippen LogP contribution in [-0.4, -0.2) is 19.8 Å². The molecule has 112 valence electrons. The number of hydrogen-bond donors (Lipinski definition) is 1. The summed E-state index contributed by atoms with van der Waals surface area (Å²) >= 11 is 3.30. The first-order valence-corrected chi connectivity index (χ1v) is 9.00. The zero-order valence-electron chi connectivity index (χ0n) is 11.2. The Balaban J connectivity index is 2.16. The number of sulfonamides is 1. The summed E-state index contributed by atoms with van der Waals surface area (Å²) in [6.45, 7) is 0. The van der Waals surface area contributed by atoms with Crippen LogP contribution in [0.5, 0.6) is 0 Å². The van der Waals surface area contributed by atoms with Gasteiger partial charge in [-0.3, -0.25) is 0 Å². The van der Waals surface area contributed by atoms with Crippen molar-refractivity contribution >= 4 is 26.0 Å². The fourth-order valence-electron chi connectivity index (χ4n) is 1.97. The molecule has 6 heteroatoms.